The van der Waals surface area contributed by atoms with E-state index in [0.29, 0.717) is 42.1 Å². The maximum Gasteiger partial charge on any atom is 0.293 e. The van der Waals surface area contributed by atoms with Crippen molar-refractivity contribution in [2.75, 3.05) is 32.9 Å². The van der Waals surface area contributed by atoms with Gasteiger partial charge in [0.25, 0.3) is 17.1 Å². The molecule has 0 radical (unpaired) electrons. The molecule has 2 saturated heterocycles. The van der Waals surface area contributed by atoms with Gasteiger partial charge in [0.2, 0.25) is 0 Å². The average molecular weight is 570 g/mol. The minimum absolute atomic E-state index is 0.0867. The standard InChI is InChI=1S/C23H19BrClFN2O5S/c24-16-10-14(4-5-19(16)33-13-21(29)27-6-8-32-9-7-27)11-20-22(30)28(23(31)34-20)12-15-17(25)2-1-3-18(15)26/h1-5,10-11H,6-9,12-13H2/b20-11-. The molecule has 4 rings (SSSR count). The number of hydrogen-bond acceptors (Lipinski definition) is 6. The number of carbonyl (C=O) groups excluding carboxylic acids is 3. The molecule has 3 amide bonds. The van der Waals surface area contributed by atoms with Gasteiger partial charge in [-0.2, -0.15) is 0 Å². The summed E-state index contributed by atoms with van der Waals surface area (Å²) < 4.78 is 25.6. The molecule has 7 nitrogen and oxygen atoms in total. The van der Waals surface area contributed by atoms with Crippen molar-refractivity contribution in [3.63, 3.8) is 0 Å². The Morgan fingerprint density at radius 2 is 2.00 bits per heavy atom. The smallest absolute Gasteiger partial charge is 0.293 e. The van der Waals surface area contributed by atoms with E-state index in [2.05, 4.69) is 15.9 Å². The number of thioether (sulfide) groups is 1. The van der Waals surface area contributed by atoms with E-state index in [-0.39, 0.29) is 34.6 Å². The van der Waals surface area contributed by atoms with E-state index in [0.717, 1.165) is 16.7 Å². The Labute approximate surface area is 212 Å². The first-order valence-electron chi connectivity index (χ1n) is 10.3. The number of carbonyl (C=O) groups is 3. The third-order valence-corrected chi connectivity index (χ3v) is 7.10. The van der Waals surface area contributed by atoms with Crippen LogP contribution in [0.4, 0.5) is 9.18 Å². The lowest BCUT2D eigenvalue weighted by Crippen LogP contribution is -2.43. The van der Waals surface area contributed by atoms with Gasteiger partial charge in [-0.05, 0) is 63.6 Å². The van der Waals surface area contributed by atoms with Gasteiger partial charge in [0.15, 0.2) is 6.61 Å². The summed E-state index contributed by atoms with van der Waals surface area (Å²) in [5.74, 6) is -0.756. The van der Waals surface area contributed by atoms with Crippen molar-refractivity contribution < 1.29 is 28.2 Å². The number of amides is 3. The van der Waals surface area contributed by atoms with Crippen molar-refractivity contribution in [1.29, 1.82) is 0 Å². The van der Waals surface area contributed by atoms with Gasteiger partial charge in [-0.1, -0.05) is 23.7 Å². The van der Waals surface area contributed by atoms with Crippen LogP contribution in [-0.4, -0.2) is 59.8 Å². The fourth-order valence-corrected chi connectivity index (χ4v) is 4.97. The molecule has 2 aliphatic rings. The monoisotopic (exact) mass is 568 g/mol. The first-order valence-corrected chi connectivity index (χ1v) is 12.3. The fourth-order valence-electron chi connectivity index (χ4n) is 3.40. The maximum atomic E-state index is 14.1. The van der Waals surface area contributed by atoms with Crippen LogP contribution in [0.5, 0.6) is 5.75 Å². The van der Waals surface area contributed by atoms with Gasteiger partial charge in [0.05, 0.1) is 29.1 Å². The van der Waals surface area contributed by atoms with Crippen molar-refractivity contribution in [3.05, 3.63) is 67.7 Å². The molecule has 0 bridgehead atoms. The molecule has 0 unspecified atom stereocenters. The molecule has 2 fully saturated rings. The third-order valence-electron chi connectivity index (χ3n) is 5.22. The average Bonchev–Trinajstić information content (AvgIpc) is 3.08. The molecule has 0 spiro atoms. The molecule has 11 heteroatoms. The molecular formula is C23H19BrClFN2O5S. The van der Waals surface area contributed by atoms with Crippen LogP contribution in [0.1, 0.15) is 11.1 Å². The first-order chi connectivity index (χ1) is 16.3. The molecule has 0 aromatic heterocycles. The van der Waals surface area contributed by atoms with Crippen molar-refractivity contribution in [1.82, 2.24) is 9.80 Å². The maximum absolute atomic E-state index is 14.1. The molecule has 178 valence electrons. The number of ether oxygens (including phenoxy) is 2. The molecule has 2 aromatic rings. The molecule has 2 aromatic carbocycles. The van der Waals surface area contributed by atoms with Gasteiger partial charge in [-0.25, -0.2) is 4.39 Å². The predicted octanol–water partition coefficient (Wildman–Crippen LogP) is 4.72. The first kappa shape index (κ1) is 24.7. The second kappa shape index (κ2) is 10.9. The van der Waals surface area contributed by atoms with Crippen LogP contribution in [-0.2, 0) is 20.9 Å². The fraction of sp³-hybridized carbons (Fsp3) is 0.261. The molecule has 2 heterocycles. The number of hydrogen-bond donors (Lipinski definition) is 0. The second-order valence-corrected chi connectivity index (χ2v) is 9.69. The van der Waals surface area contributed by atoms with Crippen LogP contribution < -0.4 is 4.74 Å². The van der Waals surface area contributed by atoms with E-state index in [9.17, 15) is 18.8 Å². The molecular weight excluding hydrogens is 551 g/mol. The van der Waals surface area contributed by atoms with Gasteiger partial charge in [-0.15, -0.1) is 0 Å². The highest BCUT2D eigenvalue weighted by Crippen LogP contribution is 2.35. The van der Waals surface area contributed by atoms with Gasteiger partial charge < -0.3 is 14.4 Å². The Morgan fingerprint density at radius 3 is 2.71 bits per heavy atom. The van der Waals surface area contributed by atoms with Gasteiger partial charge in [0, 0.05) is 23.7 Å². The third kappa shape index (κ3) is 5.63. The highest BCUT2D eigenvalue weighted by molar-refractivity contribution is 9.10. The minimum atomic E-state index is -0.581. The van der Waals surface area contributed by atoms with Crippen LogP contribution >= 0.6 is 39.3 Å². The lowest BCUT2D eigenvalue weighted by atomic mass is 10.2. The van der Waals surface area contributed by atoms with Gasteiger partial charge in [0.1, 0.15) is 11.6 Å². The number of imide groups is 1. The van der Waals surface area contributed by atoms with Crippen molar-refractivity contribution >= 4 is 62.4 Å². The van der Waals surface area contributed by atoms with Gasteiger partial charge in [-0.3, -0.25) is 19.3 Å². The zero-order valence-electron chi connectivity index (χ0n) is 17.8. The Hall–Kier alpha value is -2.40. The SMILES string of the molecule is O=C(COc1ccc(/C=C2\SC(=O)N(Cc3c(F)cccc3Cl)C2=O)cc1Br)N1CCOCC1. The molecule has 0 N–H and O–H groups in total. The number of halogens is 3. The molecule has 0 atom stereocenters. The van der Waals surface area contributed by atoms with Gasteiger partial charge >= 0.3 is 0 Å². The number of benzene rings is 2. The predicted molar refractivity (Wildman–Crippen MR) is 130 cm³/mol. The summed E-state index contributed by atoms with van der Waals surface area (Å²) in [6.07, 6.45) is 1.57. The second-order valence-electron chi connectivity index (χ2n) is 7.44. The summed E-state index contributed by atoms with van der Waals surface area (Å²) in [6, 6.07) is 9.29. The summed E-state index contributed by atoms with van der Waals surface area (Å²) >= 11 is 10.2. The molecule has 2 aliphatic heterocycles. The minimum Gasteiger partial charge on any atom is -0.483 e. The van der Waals surface area contributed by atoms with Crippen molar-refractivity contribution in [2.45, 2.75) is 6.54 Å². The number of rotatable bonds is 6. The Bertz CT molecular complexity index is 1150. The van der Waals surface area contributed by atoms with Crippen LogP contribution in [0.15, 0.2) is 45.8 Å². The van der Waals surface area contributed by atoms with Crippen molar-refractivity contribution in [2.24, 2.45) is 0 Å². The van der Waals surface area contributed by atoms with Crippen LogP contribution in [0.3, 0.4) is 0 Å². The van der Waals surface area contributed by atoms with Crippen LogP contribution in [0, 0.1) is 5.82 Å². The highest BCUT2D eigenvalue weighted by Gasteiger charge is 2.36. The lowest BCUT2D eigenvalue weighted by molar-refractivity contribution is -0.137. The number of morpholine rings is 1. The molecule has 0 saturated carbocycles. The summed E-state index contributed by atoms with van der Waals surface area (Å²) in [7, 11) is 0. The van der Waals surface area contributed by atoms with E-state index >= 15 is 0 Å². The lowest BCUT2D eigenvalue weighted by Gasteiger charge is -2.26. The summed E-state index contributed by atoms with van der Waals surface area (Å²) in [5, 5.41) is -0.356. The Kier molecular flexibility index (Phi) is 7.92. The molecule has 34 heavy (non-hydrogen) atoms. The Morgan fingerprint density at radius 1 is 1.24 bits per heavy atom. The summed E-state index contributed by atoms with van der Waals surface area (Å²) in [6.45, 7) is 1.77. The zero-order chi connectivity index (χ0) is 24.2. The normalized spacial score (nSPS) is 17.6. The van der Waals surface area contributed by atoms with Crippen molar-refractivity contribution in [3.8, 4) is 5.75 Å². The highest BCUT2D eigenvalue weighted by atomic mass is 79.9. The van der Waals surface area contributed by atoms with Crippen LogP contribution in [0.2, 0.25) is 5.02 Å². The largest absolute Gasteiger partial charge is 0.483 e. The molecule has 0 aliphatic carbocycles. The summed E-state index contributed by atoms with van der Waals surface area (Å²) in [5.41, 5.74) is 0.733. The van der Waals surface area contributed by atoms with E-state index in [1.54, 1.807) is 29.2 Å². The Balaban J connectivity index is 1.42. The van der Waals surface area contributed by atoms with E-state index in [1.165, 1.54) is 18.2 Å². The van der Waals surface area contributed by atoms with Crippen LogP contribution in [0.25, 0.3) is 6.08 Å². The zero-order valence-corrected chi connectivity index (χ0v) is 20.9. The summed E-state index contributed by atoms with van der Waals surface area (Å²) in [4.78, 5) is 40.3. The quantitative estimate of drug-likeness (QED) is 0.469. The van der Waals surface area contributed by atoms with E-state index in [1.807, 2.05) is 0 Å². The number of nitrogens with zero attached hydrogens (tertiary/aromatic N) is 2. The topological polar surface area (TPSA) is 76.2 Å². The van der Waals surface area contributed by atoms with E-state index < -0.39 is 17.0 Å². The van der Waals surface area contributed by atoms with E-state index in [4.69, 9.17) is 21.1 Å².